The molecule has 3 rings (SSSR count). The molecular weight excluding hydrogens is 315 g/mol. The molecule has 6 heteroatoms. The zero-order valence-electron chi connectivity index (χ0n) is 11.6. The van der Waals surface area contributed by atoms with Crippen LogP contribution in [0.4, 0.5) is 0 Å². The van der Waals surface area contributed by atoms with Gasteiger partial charge in [0.1, 0.15) is 6.10 Å². The summed E-state index contributed by atoms with van der Waals surface area (Å²) in [4.78, 5) is 11.8. The first kappa shape index (κ1) is 15.1. The second-order valence-electron chi connectivity index (χ2n) is 5.80. The van der Waals surface area contributed by atoms with Crippen molar-refractivity contribution in [1.29, 1.82) is 0 Å². The van der Waals surface area contributed by atoms with Gasteiger partial charge < -0.3 is 14.6 Å². The normalized spacial score (nSPS) is 30.9. The third-order valence-electron chi connectivity index (χ3n) is 4.27. The van der Waals surface area contributed by atoms with Crippen LogP contribution >= 0.6 is 23.2 Å². The number of hydrogen-bond acceptors (Lipinski definition) is 3. The standard InChI is InChI=1S/C15H16Cl2O4/c1-14(13(18)19)12(10-5-4-9(16)8-11(10)17)20-15(21-14)6-2-3-7-15/h4-5,8,12H,2-3,6-7H2,1H3,(H,18,19)/t12-,14+/m1/s1. The average molecular weight is 331 g/mol. The maximum atomic E-state index is 11.8. The molecule has 0 amide bonds. The van der Waals surface area contributed by atoms with Gasteiger partial charge in [0.15, 0.2) is 11.4 Å². The van der Waals surface area contributed by atoms with Gasteiger partial charge in [-0.1, -0.05) is 29.3 Å². The Morgan fingerprint density at radius 1 is 1.33 bits per heavy atom. The fourth-order valence-corrected chi connectivity index (χ4v) is 3.66. The van der Waals surface area contributed by atoms with Gasteiger partial charge in [0.05, 0.1) is 0 Å². The highest BCUT2D eigenvalue weighted by molar-refractivity contribution is 6.35. The molecule has 4 nitrogen and oxygen atoms in total. The molecular formula is C15H16Cl2O4. The minimum absolute atomic E-state index is 0.388. The molecule has 1 N–H and O–H groups in total. The largest absolute Gasteiger partial charge is 0.479 e. The lowest BCUT2D eigenvalue weighted by Crippen LogP contribution is -2.41. The predicted molar refractivity (Wildman–Crippen MR) is 78.6 cm³/mol. The maximum absolute atomic E-state index is 11.8. The van der Waals surface area contributed by atoms with E-state index < -0.39 is 23.5 Å². The summed E-state index contributed by atoms with van der Waals surface area (Å²) in [6.45, 7) is 1.54. The summed E-state index contributed by atoms with van der Waals surface area (Å²) in [5, 5.41) is 10.5. The van der Waals surface area contributed by atoms with Crippen LogP contribution in [0.5, 0.6) is 0 Å². The molecule has 0 unspecified atom stereocenters. The predicted octanol–water partition coefficient (Wildman–Crippen LogP) is 4.19. The average Bonchev–Trinajstić information content (AvgIpc) is 2.96. The summed E-state index contributed by atoms with van der Waals surface area (Å²) in [5.41, 5.74) is -0.864. The molecule has 1 aliphatic carbocycles. The van der Waals surface area contributed by atoms with Crippen molar-refractivity contribution in [2.24, 2.45) is 0 Å². The number of benzene rings is 1. The van der Waals surface area contributed by atoms with Crippen molar-refractivity contribution < 1.29 is 19.4 Å². The van der Waals surface area contributed by atoms with Crippen LogP contribution in [0.3, 0.4) is 0 Å². The quantitative estimate of drug-likeness (QED) is 0.883. The molecule has 0 radical (unpaired) electrons. The van der Waals surface area contributed by atoms with Crippen molar-refractivity contribution in [3.8, 4) is 0 Å². The van der Waals surface area contributed by atoms with Crippen molar-refractivity contribution in [3.05, 3.63) is 33.8 Å². The maximum Gasteiger partial charge on any atom is 0.338 e. The van der Waals surface area contributed by atoms with Gasteiger partial charge in [0.25, 0.3) is 0 Å². The SMILES string of the molecule is C[C@]1(C(=O)O)OC2(CCCC2)O[C@@H]1c1ccc(Cl)cc1Cl. The Bertz CT molecular complexity index is 583. The number of carboxylic acids is 1. The zero-order valence-corrected chi connectivity index (χ0v) is 13.1. The second-order valence-corrected chi connectivity index (χ2v) is 6.64. The number of carbonyl (C=O) groups is 1. The van der Waals surface area contributed by atoms with Gasteiger partial charge in [-0.15, -0.1) is 0 Å². The first-order chi connectivity index (χ1) is 9.86. The first-order valence-corrected chi connectivity index (χ1v) is 7.68. The molecule has 0 aromatic heterocycles. The number of rotatable bonds is 2. The number of halogens is 2. The Labute approximate surface area is 132 Å². The molecule has 0 bridgehead atoms. The van der Waals surface area contributed by atoms with Gasteiger partial charge in [0.2, 0.25) is 0 Å². The Kier molecular flexibility index (Phi) is 3.69. The van der Waals surface area contributed by atoms with E-state index >= 15 is 0 Å². The van der Waals surface area contributed by atoms with Crippen molar-refractivity contribution in [2.45, 2.75) is 50.1 Å². The molecule has 2 aliphatic rings. The Morgan fingerprint density at radius 3 is 2.57 bits per heavy atom. The van der Waals surface area contributed by atoms with E-state index in [1.54, 1.807) is 18.2 Å². The Morgan fingerprint density at radius 2 is 2.00 bits per heavy atom. The summed E-state index contributed by atoms with van der Waals surface area (Å²) in [5.74, 6) is -1.86. The van der Waals surface area contributed by atoms with Crippen molar-refractivity contribution in [3.63, 3.8) is 0 Å². The van der Waals surface area contributed by atoms with E-state index in [4.69, 9.17) is 32.7 Å². The lowest BCUT2D eigenvalue weighted by atomic mass is 9.93. The minimum Gasteiger partial charge on any atom is -0.479 e. The van der Waals surface area contributed by atoms with Crippen LogP contribution < -0.4 is 0 Å². The van der Waals surface area contributed by atoms with E-state index in [9.17, 15) is 9.90 Å². The third kappa shape index (κ3) is 2.44. The first-order valence-electron chi connectivity index (χ1n) is 6.93. The smallest absolute Gasteiger partial charge is 0.338 e. The highest BCUT2D eigenvalue weighted by Gasteiger charge is 2.60. The molecule has 1 saturated carbocycles. The zero-order chi connectivity index (χ0) is 15.3. The molecule has 1 aromatic carbocycles. The van der Waals surface area contributed by atoms with E-state index in [1.165, 1.54) is 6.92 Å². The lowest BCUT2D eigenvalue weighted by molar-refractivity contribution is -0.194. The van der Waals surface area contributed by atoms with E-state index in [1.807, 2.05) is 0 Å². The van der Waals surface area contributed by atoms with Gasteiger partial charge in [0, 0.05) is 28.5 Å². The van der Waals surface area contributed by atoms with Crippen LogP contribution in [0.15, 0.2) is 18.2 Å². The second kappa shape index (κ2) is 5.13. The molecule has 21 heavy (non-hydrogen) atoms. The van der Waals surface area contributed by atoms with Gasteiger partial charge in [-0.3, -0.25) is 0 Å². The number of hydrogen-bond donors (Lipinski definition) is 1. The van der Waals surface area contributed by atoms with Crippen molar-refractivity contribution in [1.82, 2.24) is 0 Å². The van der Waals surface area contributed by atoms with Crippen LogP contribution in [0.1, 0.15) is 44.3 Å². The van der Waals surface area contributed by atoms with E-state index in [0.29, 0.717) is 28.5 Å². The number of aliphatic carboxylic acids is 1. The fourth-order valence-electron chi connectivity index (χ4n) is 3.15. The van der Waals surface area contributed by atoms with Crippen LogP contribution in [-0.4, -0.2) is 22.5 Å². The molecule has 1 aliphatic heterocycles. The van der Waals surface area contributed by atoms with E-state index in [-0.39, 0.29) is 0 Å². The molecule has 1 saturated heterocycles. The highest BCUT2D eigenvalue weighted by atomic mass is 35.5. The Balaban J connectivity index is 2.04. The van der Waals surface area contributed by atoms with E-state index in [2.05, 4.69) is 0 Å². The van der Waals surface area contributed by atoms with Crippen molar-refractivity contribution >= 4 is 29.2 Å². The lowest BCUT2D eigenvalue weighted by Gasteiger charge is -2.25. The topological polar surface area (TPSA) is 55.8 Å². The van der Waals surface area contributed by atoms with Crippen LogP contribution in [-0.2, 0) is 14.3 Å². The molecule has 2 atom stereocenters. The minimum atomic E-state index is -1.46. The Hall–Kier alpha value is -0.810. The monoisotopic (exact) mass is 330 g/mol. The third-order valence-corrected chi connectivity index (χ3v) is 4.83. The molecule has 1 aromatic rings. The van der Waals surface area contributed by atoms with Crippen LogP contribution in [0.2, 0.25) is 10.0 Å². The fraction of sp³-hybridized carbons (Fsp3) is 0.533. The van der Waals surface area contributed by atoms with E-state index in [0.717, 1.165) is 12.8 Å². The molecule has 2 fully saturated rings. The molecule has 1 heterocycles. The summed E-state index contributed by atoms with van der Waals surface area (Å²) in [6.07, 6.45) is 2.60. The van der Waals surface area contributed by atoms with Gasteiger partial charge >= 0.3 is 5.97 Å². The number of ether oxygens (including phenoxy) is 2. The van der Waals surface area contributed by atoms with Gasteiger partial charge in [-0.25, -0.2) is 4.79 Å². The van der Waals surface area contributed by atoms with Crippen LogP contribution in [0.25, 0.3) is 0 Å². The summed E-state index contributed by atoms with van der Waals surface area (Å²) < 4.78 is 12.0. The summed E-state index contributed by atoms with van der Waals surface area (Å²) in [6, 6.07) is 4.96. The summed E-state index contributed by atoms with van der Waals surface area (Å²) in [7, 11) is 0. The summed E-state index contributed by atoms with van der Waals surface area (Å²) >= 11 is 12.1. The van der Waals surface area contributed by atoms with Crippen LogP contribution in [0, 0.1) is 0 Å². The molecule has 1 spiro atoms. The van der Waals surface area contributed by atoms with Gasteiger partial charge in [-0.05, 0) is 31.9 Å². The highest BCUT2D eigenvalue weighted by Crippen LogP contribution is 2.53. The number of carboxylic acid groups (broad SMARTS) is 1. The van der Waals surface area contributed by atoms with Gasteiger partial charge in [-0.2, -0.15) is 0 Å². The molecule has 114 valence electrons. The van der Waals surface area contributed by atoms with Crippen molar-refractivity contribution in [2.75, 3.05) is 0 Å².